The molecule has 6 nitrogen and oxygen atoms in total. The third-order valence-corrected chi connectivity index (χ3v) is 5.96. The van der Waals surface area contributed by atoms with Gasteiger partial charge in [0.1, 0.15) is 0 Å². The second-order valence-corrected chi connectivity index (χ2v) is 9.89. The SMILES string of the molecule is CC(C)(C)NC(=O)CNC(=O)c1ccccc1SCC(=O)NC1CCCCCCC1. The molecule has 1 aliphatic carbocycles. The Balaban J connectivity index is 1.85. The molecule has 0 spiro atoms. The molecule has 1 saturated carbocycles. The maximum atomic E-state index is 12.6. The average Bonchev–Trinajstić information content (AvgIpc) is 2.65. The lowest BCUT2D eigenvalue weighted by Crippen LogP contribution is -2.45. The zero-order valence-electron chi connectivity index (χ0n) is 18.4. The van der Waals surface area contributed by atoms with Gasteiger partial charge in [-0.2, -0.15) is 0 Å². The van der Waals surface area contributed by atoms with E-state index in [1.165, 1.54) is 43.9 Å². The Hall–Kier alpha value is -2.02. The maximum absolute atomic E-state index is 12.6. The second-order valence-electron chi connectivity index (χ2n) is 8.88. The molecule has 1 fully saturated rings. The van der Waals surface area contributed by atoms with Gasteiger partial charge in [0, 0.05) is 16.5 Å². The van der Waals surface area contributed by atoms with Crippen LogP contribution in [-0.2, 0) is 9.59 Å². The van der Waals surface area contributed by atoms with Crippen LogP contribution in [0.3, 0.4) is 0 Å². The summed E-state index contributed by atoms with van der Waals surface area (Å²) >= 11 is 1.35. The Labute approximate surface area is 184 Å². The van der Waals surface area contributed by atoms with E-state index < -0.39 is 0 Å². The normalized spacial score (nSPS) is 15.6. The fraction of sp³-hybridized carbons (Fsp3) is 0.609. The molecule has 0 radical (unpaired) electrons. The van der Waals surface area contributed by atoms with Crippen LogP contribution in [0.5, 0.6) is 0 Å². The van der Waals surface area contributed by atoms with E-state index in [9.17, 15) is 14.4 Å². The van der Waals surface area contributed by atoms with Crippen LogP contribution in [0, 0.1) is 0 Å². The first-order valence-electron chi connectivity index (χ1n) is 10.8. The topological polar surface area (TPSA) is 87.3 Å². The van der Waals surface area contributed by atoms with Crippen molar-refractivity contribution in [1.82, 2.24) is 16.0 Å². The van der Waals surface area contributed by atoms with Gasteiger partial charge in [0.05, 0.1) is 17.9 Å². The molecule has 3 N–H and O–H groups in total. The highest BCUT2D eigenvalue weighted by Gasteiger charge is 2.18. The van der Waals surface area contributed by atoms with Crippen LogP contribution in [0.1, 0.15) is 76.1 Å². The fourth-order valence-electron chi connectivity index (χ4n) is 3.51. The molecule has 1 aromatic rings. The number of thioether (sulfide) groups is 1. The van der Waals surface area contributed by atoms with E-state index in [0.717, 1.165) is 17.7 Å². The van der Waals surface area contributed by atoms with Gasteiger partial charge in [-0.1, -0.05) is 44.2 Å². The summed E-state index contributed by atoms with van der Waals surface area (Å²) in [6, 6.07) is 7.43. The number of hydrogen-bond acceptors (Lipinski definition) is 4. The van der Waals surface area contributed by atoms with Crippen LogP contribution in [-0.4, -0.2) is 41.6 Å². The van der Waals surface area contributed by atoms with Gasteiger partial charge in [0.25, 0.3) is 5.91 Å². The summed E-state index contributed by atoms with van der Waals surface area (Å²) < 4.78 is 0. The standard InChI is InChI=1S/C23H35N3O3S/c1-23(2,3)26-20(27)15-24-22(29)18-13-9-10-14-19(18)30-16-21(28)25-17-11-7-5-4-6-8-12-17/h9-10,13-14,17H,4-8,11-12,15-16H2,1-3H3,(H,24,29)(H,25,28)(H,26,27). The molecule has 0 bridgehead atoms. The summed E-state index contributed by atoms with van der Waals surface area (Å²) in [7, 11) is 0. The van der Waals surface area contributed by atoms with Gasteiger partial charge in [-0.15, -0.1) is 11.8 Å². The Morgan fingerprint density at radius 1 is 0.967 bits per heavy atom. The maximum Gasteiger partial charge on any atom is 0.252 e. The number of nitrogens with one attached hydrogen (secondary N) is 3. The van der Waals surface area contributed by atoms with Crippen LogP contribution in [0.25, 0.3) is 0 Å². The van der Waals surface area contributed by atoms with Crippen molar-refractivity contribution in [2.45, 2.75) is 82.2 Å². The largest absolute Gasteiger partial charge is 0.353 e. The summed E-state index contributed by atoms with van der Waals surface area (Å²) in [6.07, 6.45) is 8.23. The summed E-state index contributed by atoms with van der Waals surface area (Å²) in [5.41, 5.74) is 0.129. The highest BCUT2D eigenvalue weighted by Crippen LogP contribution is 2.23. The first-order valence-corrected chi connectivity index (χ1v) is 11.8. The first-order chi connectivity index (χ1) is 14.2. The number of benzene rings is 1. The van der Waals surface area contributed by atoms with Gasteiger partial charge in [-0.25, -0.2) is 0 Å². The van der Waals surface area contributed by atoms with E-state index in [4.69, 9.17) is 0 Å². The van der Waals surface area contributed by atoms with Crippen molar-refractivity contribution in [3.63, 3.8) is 0 Å². The van der Waals surface area contributed by atoms with E-state index in [1.807, 2.05) is 32.9 Å². The number of carbonyl (C=O) groups excluding carboxylic acids is 3. The minimum Gasteiger partial charge on any atom is -0.353 e. The van der Waals surface area contributed by atoms with Crippen molar-refractivity contribution in [1.29, 1.82) is 0 Å². The minimum absolute atomic E-state index is 0.00494. The third-order valence-electron chi connectivity index (χ3n) is 4.88. The van der Waals surface area contributed by atoms with E-state index in [2.05, 4.69) is 16.0 Å². The molecule has 0 saturated heterocycles. The van der Waals surface area contributed by atoms with Gasteiger partial charge in [0.15, 0.2) is 0 Å². The predicted molar refractivity (Wildman–Crippen MR) is 122 cm³/mol. The van der Waals surface area contributed by atoms with E-state index >= 15 is 0 Å². The Kier molecular flexibility index (Phi) is 9.69. The molecule has 0 aromatic heterocycles. The van der Waals surface area contributed by atoms with Crippen molar-refractivity contribution >= 4 is 29.5 Å². The van der Waals surface area contributed by atoms with Gasteiger partial charge in [-0.05, 0) is 45.7 Å². The zero-order valence-corrected chi connectivity index (χ0v) is 19.2. The molecule has 2 rings (SSSR count). The monoisotopic (exact) mass is 433 g/mol. The van der Waals surface area contributed by atoms with Crippen molar-refractivity contribution in [3.8, 4) is 0 Å². The minimum atomic E-state index is -0.348. The molecular weight excluding hydrogens is 398 g/mol. The van der Waals surface area contributed by atoms with Crippen molar-refractivity contribution in [2.24, 2.45) is 0 Å². The Morgan fingerprint density at radius 2 is 1.60 bits per heavy atom. The van der Waals surface area contributed by atoms with Gasteiger partial charge >= 0.3 is 0 Å². The number of rotatable bonds is 7. The van der Waals surface area contributed by atoms with Gasteiger partial charge in [0.2, 0.25) is 11.8 Å². The third kappa shape index (κ3) is 9.20. The van der Waals surface area contributed by atoms with Gasteiger partial charge in [-0.3, -0.25) is 14.4 Å². The van der Waals surface area contributed by atoms with Crippen molar-refractivity contribution in [2.75, 3.05) is 12.3 Å². The van der Waals surface area contributed by atoms with Crippen LogP contribution < -0.4 is 16.0 Å². The number of amides is 3. The Morgan fingerprint density at radius 3 is 2.27 bits per heavy atom. The molecule has 166 valence electrons. The van der Waals surface area contributed by atoms with Crippen LogP contribution in [0.15, 0.2) is 29.2 Å². The molecule has 0 heterocycles. The lowest BCUT2D eigenvalue weighted by molar-refractivity contribution is -0.121. The molecule has 1 aromatic carbocycles. The summed E-state index contributed by atoms with van der Waals surface area (Å²) in [6.45, 7) is 5.58. The summed E-state index contributed by atoms with van der Waals surface area (Å²) in [5, 5.41) is 8.63. The fourth-order valence-corrected chi connectivity index (χ4v) is 4.37. The van der Waals surface area contributed by atoms with E-state index in [-0.39, 0.29) is 41.6 Å². The summed E-state index contributed by atoms with van der Waals surface area (Å²) in [5.74, 6) is -0.279. The van der Waals surface area contributed by atoms with Crippen LogP contribution in [0.4, 0.5) is 0 Å². The first kappa shape index (κ1) is 24.3. The predicted octanol–water partition coefficient (Wildman–Crippen LogP) is 3.65. The highest BCUT2D eigenvalue weighted by atomic mass is 32.2. The average molecular weight is 434 g/mol. The van der Waals surface area contributed by atoms with Crippen LogP contribution >= 0.6 is 11.8 Å². The van der Waals surface area contributed by atoms with Gasteiger partial charge < -0.3 is 16.0 Å². The molecule has 7 heteroatoms. The quantitative estimate of drug-likeness (QED) is 0.573. The lowest BCUT2D eigenvalue weighted by atomic mass is 9.97. The zero-order chi connectivity index (χ0) is 22.0. The lowest BCUT2D eigenvalue weighted by Gasteiger charge is -2.21. The highest BCUT2D eigenvalue weighted by molar-refractivity contribution is 8.00. The molecular formula is C23H35N3O3S. The van der Waals surface area contributed by atoms with Crippen molar-refractivity contribution < 1.29 is 14.4 Å². The van der Waals surface area contributed by atoms with Crippen molar-refractivity contribution in [3.05, 3.63) is 29.8 Å². The molecule has 3 amide bonds. The molecule has 1 aliphatic rings. The second kappa shape index (κ2) is 12.0. The Bertz CT molecular complexity index is 723. The summed E-state index contributed by atoms with van der Waals surface area (Å²) in [4.78, 5) is 37.7. The van der Waals surface area contributed by atoms with E-state index in [1.54, 1.807) is 12.1 Å². The number of hydrogen-bond donors (Lipinski definition) is 3. The molecule has 0 atom stereocenters. The molecule has 30 heavy (non-hydrogen) atoms. The smallest absolute Gasteiger partial charge is 0.252 e. The van der Waals surface area contributed by atoms with E-state index in [0.29, 0.717) is 5.56 Å². The molecule has 0 unspecified atom stereocenters. The number of carbonyl (C=O) groups is 3. The van der Waals surface area contributed by atoms with Crippen LogP contribution in [0.2, 0.25) is 0 Å². The molecule has 0 aliphatic heterocycles.